The molecule has 0 radical (unpaired) electrons. The summed E-state index contributed by atoms with van der Waals surface area (Å²) in [6.45, 7) is 7.85. The second-order valence-corrected chi connectivity index (χ2v) is 6.52. The number of carbonyl (C=O) groups is 2. The third kappa shape index (κ3) is 4.85. The summed E-state index contributed by atoms with van der Waals surface area (Å²) in [6.07, 6.45) is -0.684. The maximum Gasteiger partial charge on any atom is 0.337 e. The van der Waals surface area contributed by atoms with E-state index in [4.69, 9.17) is 9.47 Å². The zero-order chi connectivity index (χ0) is 19.3. The SMILES string of the molecule is COC(=O)c1cccc(NC(=O)C(C)Oc2cc(C)ccc2C(C)C)c1. The molecule has 2 rings (SSSR count). The minimum Gasteiger partial charge on any atom is -0.481 e. The molecule has 0 saturated heterocycles. The Bertz CT molecular complexity index is 798. The largest absolute Gasteiger partial charge is 0.481 e. The summed E-state index contributed by atoms with van der Waals surface area (Å²) in [7, 11) is 1.32. The van der Waals surface area contributed by atoms with Crippen molar-refractivity contribution in [3.8, 4) is 5.75 Å². The van der Waals surface area contributed by atoms with Crippen molar-refractivity contribution in [1.29, 1.82) is 0 Å². The molecule has 5 nitrogen and oxygen atoms in total. The van der Waals surface area contributed by atoms with Gasteiger partial charge in [-0.25, -0.2) is 4.79 Å². The van der Waals surface area contributed by atoms with Crippen LogP contribution in [0.5, 0.6) is 5.75 Å². The van der Waals surface area contributed by atoms with Gasteiger partial charge in [0.25, 0.3) is 5.91 Å². The molecule has 0 aliphatic heterocycles. The molecule has 0 fully saturated rings. The lowest BCUT2D eigenvalue weighted by atomic mass is 10.0. The Hall–Kier alpha value is -2.82. The van der Waals surface area contributed by atoms with E-state index in [9.17, 15) is 9.59 Å². The highest BCUT2D eigenvalue weighted by Gasteiger charge is 2.18. The van der Waals surface area contributed by atoms with Crippen LogP contribution in [0, 0.1) is 6.92 Å². The molecule has 2 aromatic rings. The van der Waals surface area contributed by atoms with Crippen LogP contribution in [0.1, 0.15) is 48.2 Å². The molecule has 138 valence electrons. The normalized spacial score (nSPS) is 11.8. The molecule has 2 aromatic carbocycles. The first-order chi connectivity index (χ1) is 12.3. The number of hydrogen-bond donors (Lipinski definition) is 1. The Morgan fingerprint density at radius 1 is 1.04 bits per heavy atom. The maximum atomic E-state index is 12.5. The van der Waals surface area contributed by atoms with Crippen molar-refractivity contribution in [3.63, 3.8) is 0 Å². The molecule has 1 unspecified atom stereocenters. The van der Waals surface area contributed by atoms with Crippen LogP contribution in [0.3, 0.4) is 0 Å². The van der Waals surface area contributed by atoms with Gasteiger partial charge in [-0.1, -0.05) is 32.0 Å². The van der Waals surface area contributed by atoms with Gasteiger partial charge in [0.15, 0.2) is 6.10 Å². The van der Waals surface area contributed by atoms with E-state index in [1.54, 1.807) is 31.2 Å². The standard InChI is InChI=1S/C21H25NO4/c1-13(2)18-10-9-14(3)11-19(18)26-15(4)20(23)22-17-8-6-7-16(12-17)21(24)25-5/h6-13,15H,1-5H3,(H,22,23). The van der Waals surface area contributed by atoms with Crippen molar-refractivity contribution < 1.29 is 19.1 Å². The number of carbonyl (C=O) groups excluding carboxylic acids is 2. The summed E-state index contributed by atoms with van der Waals surface area (Å²) >= 11 is 0. The Balaban J connectivity index is 2.11. The van der Waals surface area contributed by atoms with E-state index in [2.05, 4.69) is 19.2 Å². The van der Waals surface area contributed by atoms with Gasteiger partial charge in [-0.3, -0.25) is 4.79 Å². The minimum absolute atomic E-state index is 0.289. The number of rotatable bonds is 6. The molecule has 0 bridgehead atoms. The number of amides is 1. The lowest BCUT2D eigenvalue weighted by Gasteiger charge is -2.19. The zero-order valence-electron chi connectivity index (χ0n) is 15.8. The van der Waals surface area contributed by atoms with E-state index >= 15 is 0 Å². The highest BCUT2D eigenvalue weighted by molar-refractivity contribution is 5.96. The monoisotopic (exact) mass is 355 g/mol. The molecule has 0 spiro atoms. The summed E-state index contributed by atoms with van der Waals surface area (Å²) in [5, 5.41) is 2.77. The lowest BCUT2D eigenvalue weighted by Crippen LogP contribution is -2.30. The van der Waals surface area contributed by atoms with Gasteiger partial charge < -0.3 is 14.8 Å². The highest BCUT2D eigenvalue weighted by atomic mass is 16.5. The average molecular weight is 355 g/mol. The first-order valence-electron chi connectivity index (χ1n) is 8.58. The highest BCUT2D eigenvalue weighted by Crippen LogP contribution is 2.28. The number of benzene rings is 2. The van der Waals surface area contributed by atoms with Gasteiger partial charge in [0.05, 0.1) is 12.7 Å². The number of nitrogens with one attached hydrogen (secondary N) is 1. The molecular weight excluding hydrogens is 330 g/mol. The predicted octanol–water partition coefficient (Wildman–Crippen LogP) is 4.31. The van der Waals surface area contributed by atoms with Crippen LogP contribution in [-0.4, -0.2) is 25.1 Å². The number of hydrogen-bond acceptors (Lipinski definition) is 4. The van der Waals surface area contributed by atoms with Crippen LogP contribution in [0.15, 0.2) is 42.5 Å². The molecule has 26 heavy (non-hydrogen) atoms. The average Bonchev–Trinajstić information content (AvgIpc) is 2.61. The van der Waals surface area contributed by atoms with E-state index in [-0.39, 0.29) is 11.8 Å². The quantitative estimate of drug-likeness (QED) is 0.784. The Morgan fingerprint density at radius 2 is 1.77 bits per heavy atom. The van der Waals surface area contributed by atoms with Crippen molar-refractivity contribution in [2.24, 2.45) is 0 Å². The second kappa shape index (κ2) is 8.52. The van der Waals surface area contributed by atoms with Crippen LogP contribution < -0.4 is 10.1 Å². The topological polar surface area (TPSA) is 64.6 Å². The van der Waals surface area contributed by atoms with Crippen molar-refractivity contribution >= 4 is 17.6 Å². The van der Waals surface area contributed by atoms with E-state index in [0.29, 0.717) is 17.0 Å². The molecule has 0 saturated carbocycles. The Labute approximate surface area is 154 Å². The van der Waals surface area contributed by atoms with E-state index in [0.717, 1.165) is 11.1 Å². The fraction of sp³-hybridized carbons (Fsp3) is 0.333. The molecule has 0 heterocycles. The van der Waals surface area contributed by atoms with E-state index in [1.165, 1.54) is 7.11 Å². The zero-order valence-corrected chi connectivity index (χ0v) is 15.8. The first-order valence-corrected chi connectivity index (χ1v) is 8.58. The molecule has 0 aromatic heterocycles. The summed E-state index contributed by atoms with van der Waals surface area (Å²) in [6, 6.07) is 12.6. The second-order valence-electron chi connectivity index (χ2n) is 6.52. The van der Waals surface area contributed by atoms with Gasteiger partial charge in [-0.05, 0) is 55.2 Å². The summed E-state index contributed by atoms with van der Waals surface area (Å²) in [4.78, 5) is 24.1. The summed E-state index contributed by atoms with van der Waals surface area (Å²) in [5.74, 6) is 0.263. The van der Waals surface area contributed by atoms with Crippen LogP contribution in [0.2, 0.25) is 0 Å². The van der Waals surface area contributed by atoms with Crippen molar-refractivity contribution in [3.05, 3.63) is 59.2 Å². The van der Waals surface area contributed by atoms with Crippen LogP contribution in [0.4, 0.5) is 5.69 Å². The maximum absolute atomic E-state index is 12.5. The van der Waals surface area contributed by atoms with Crippen LogP contribution >= 0.6 is 0 Å². The van der Waals surface area contributed by atoms with Gasteiger partial charge >= 0.3 is 5.97 Å². The van der Waals surface area contributed by atoms with Gasteiger partial charge in [-0.15, -0.1) is 0 Å². The Kier molecular flexibility index (Phi) is 6.39. The molecule has 0 aliphatic rings. The van der Waals surface area contributed by atoms with Crippen molar-refractivity contribution in [1.82, 2.24) is 0 Å². The number of anilines is 1. The molecule has 1 atom stereocenters. The molecule has 1 N–H and O–H groups in total. The predicted molar refractivity (Wildman–Crippen MR) is 102 cm³/mol. The van der Waals surface area contributed by atoms with Gasteiger partial charge in [-0.2, -0.15) is 0 Å². The molecule has 1 amide bonds. The van der Waals surface area contributed by atoms with E-state index in [1.807, 2.05) is 25.1 Å². The molecular formula is C21H25NO4. The third-order valence-electron chi connectivity index (χ3n) is 4.02. The molecule has 0 aliphatic carbocycles. The first kappa shape index (κ1) is 19.5. The smallest absolute Gasteiger partial charge is 0.337 e. The number of ether oxygens (including phenoxy) is 2. The van der Waals surface area contributed by atoms with E-state index < -0.39 is 12.1 Å². The number of esters is 1. The van der Waals surface area contributed by atoms with Crippen LogP contribution in [0.25, 0.3) is 0 Å². The van der Waals surface area contributed by atoms with Gasteiger partial charge in [0.1, 0.15) is 5.75 Å². The lowest BCUT2D eigenvalue weighted by molar-refractivity contribution is -0.122. The number of aryl methyl sites for hydroxylation is 1. The van der Waals surface area contributed by atoms with Crippen LogP contribution in [-0.2, 0) is 9.53 Å². The van der Waals surface area contributed by atoms with Gasteiger partial charge in [0.2, 0.25) is 0 Å². The van der Waals surface area contributed by atoms with Crippen molar-refractivity contribution in [2.75, 3.05) is 12.4 Å². The minimum atomic E-state index is -0.684. The van der Waals surface area contributed by atoms with Crippen molar-refractivity contribution in [2.45, 2.75) is 39.7 Å². The Morgan fingerprint density at radius 3 is 2.42 bits per heavy atom. The third-order valence-corrected chi connectivity index (χ3v) is 4.02. The fourth-order valence-electron chi connectivity index (χ4n) is 2.55. The summed E-state index contributed by atoms with van der Waals surface area (Å²) < 4.78 is 10.6. The number of methoxy groups -OCH3 is 1. The summed E-state index contributed by atoms with van der Waals surface area (Å²) in [5.41, 5.74) is 3.02. The van der Waals surface area contributed by atoms with Gasteiger partial charge in [0, 0.05) is 5.69 Å². The molecule has 5 heteroatoms. The fourth-order valence-corrected chi connectivity index (χ4v) is 2.55.